The molecule has 0 rings (SSSR count). The van der Waals surface area contributed by atoms with E-state index in [1.807, 2.05) is 34.0 Å². The van der Waals surface area contributed by atoms with Gasteiger partial charge in [-0.2, -0.15) is 11.8 Å². The first-order valence-electron chi connectivity index (χ1n) is 6.58. The first kappa shape index (κ1) is 18.1. The molecule has 0 aliphatic carbocycles. The van der Waals surface area contributed by atoms with Crippen molar-refractivity contribution in [1.29, 1.82) is 0 Å². The fraction of sp³-hybridized carbons (Fsp3) is 0.846. The lowest BCUT2D eigenvalue weighted by Gasteiger charge is -2.30. The summed E-state index contributed by atoms with van der Waals surface area (Å²) in [6.07, 6.45) is 2.36. The molecular weight excluding hydrogens is 264 g/mol. The zero-order valence-electron chi connectivity index (χ0n) is 12.5. The molecule has 6 heteroatoms. The lowest BCUT2D eigenvalue weighted by molar-refractivity contribution is -0.139. The average molecular weight is 290 g/mol. The quantitative estimate of drug-likeness (QED) is 0.719. The molecule has 0 aliphatic heterocycles. The number of carboxylic acid groups (broad SMARTS) is 1. The maximum atomic E-state index is 12.1. The summed E-state index contributed by atoms with van der Waals surface area (Å²) >= 11 is 1.57. The van der Waals surface area contributed by atoms with Gasteiger partial charge in [0.25, 0.3) is 0 Å². The number of aliphatic carboxylic acids is 1. The molecule has 19 heavy (non-hydrogen) atoms. The van der Waals surface area contributed by atoms with Crippen LogP contribution in [0.25, 0.3) is 0 Å². The van der Waals surface area contributed by atoms with E-state index in [2.05, 4.69) is 5.32 Å². The minimum Gasteiger partial charge on any atom is -0.480 e. The van der Waals surface area contributed by atoms with Gasteiger partial charge < -0.3 is 15.3 Å². The van der Waals surface area contributed by atoms with E-state index in [9.17, 15) is 9.59 Å². The molecule has 2 N–H and O–H groups in total. The summed E-state index contributed by atoms with van der Waals surface area (Å²) in [4.78, 5) is 24.9. The van der Waals surface area contributed by atoms with E-state index in [1.54, 1.807) is 16.7 Å². The standard InChI is InChI=1S/C13H26N2O3S/c1-9(2)8-15(10(3)4)13(18)14-11(12(16)17)6-7-19-5/h9-11H,6-8H2,1-5H3,(H,14,18)(H,16,17)/t11-/m0/s1. The number of carbonyl (C=O) groups excluding carboxylic acids is 1. The van der Waals surface area contributed by atoms with Crippen molar-refractivity contribution in [3.8, 4) is 0 Å². The predicted molar refractivity (Wildman–Crippen MR) is 79.6 cm³/mol. The van der Waals surface area contributed by atoms with Gasteiger partial charge in [-0.25, -0.2) is 9.59 Å². The minimum atomic E-state index is -0.976. The number of amides is 2. The molecule has 0 aromatic heterocycles. The Bertz CT molecular complexity index is 296. The Labute approximate surface area is 120 Å². The number of rotatable bonds is 8. The lowest BCUT2D eigenvalue weighted by Crippen LogP contribution is -2.51. The van der Waals surface area contributed by atoms with Crippen LogP contribution < -0.4 is 5.32 Å². The van der Waals surface area contributed by atoms with E-state index in [-0.39, 0.29) is 12.1 Å². The zero-order chi connectivity index (χ0) is 15.0. The normalized spacial score (nSPS) is 12.6. The van der Waals surface area contributed by atoms with Gasteiger partial charge in [0.15, 0.2) is 0 Å². The van der Waals surface area contributed by atoms with Crippen molar-refractivity contribution in [2.24, 2.45) is 5.92 Å². The molecule has 112 valence electrons. The lowest BCUT2D eigenvalue weighted by atomic mass is 10.2. The van der Waals surface area contributed by atoms with Gasteiger partial charge >= 0.3 is 12.0 Å². The number of nitrogens with zero attached hydrogens (tertiary/aromatic N) is 1. The summed E-state index contributed by atoms with van der Waals surface area (Å²) < 4.78 is 0. The van der Waals surface area contributed by atoms with Crippen LogP contribution in [0.15, 0.2) is 0 Å². The highest BCUT2D eigenvalue weighted by molar-refractivity contribution is 7.98. The molecule has 0 aliphatic rings. The number of carboxylic acids is 1. The Hall–Kier alpha value is -0.910. The van der Waals surface area contributed by atoms with Crippen molar-refractivity contribution in [2.75, 3.05) is 18.6 Å². The number of urea groups is 1. The second-order valence-electron chi connectivity index (χ2n) is 5.26. The number of carbonyl (C=O) groups is 2. The third-order valence-electron chi connectivity index (χ3n) is 2.65. The third kappa shape index (κ3) is 7.30. The molecule has 0 heterocycles. The van der Waals surface area contributed by atoms with Gasteiger partial charge in [-0.3, -0.25) is 0 Å². The molecule has 0 spiro atoms. The molecule has 0 unspecified atom stereocenters. The van der Waals surface area contributed by atoms with Crippen molar-refractivity contribution in [1.82, 2.24) is 10.2 Å². The van der Waals surface area contributed by atoms with Crippen molar-refractivity contribution < 1.29 is 14.7 Å². The van der Waals surface area contributed by atoms with Gasteiger partial charge in [0, 0.05) is 12.6 Å². The first-order valence-corrected chi connectivity index (χ1v) is 7.97. The monoisotopic (exact) mass is 290 g/mol. The highest BCUT2D eigenvalue weighted by atomic mass is 32.2. The maximum absolute atomic E-state index is 12.1. The van der Waals surface area contributed by atoms with Crippen LogP contribution in [0.1, 0.15) is 34.1 Å². The topological polar surface area (TPSA) is 69.6 Å². The zero-order valence-corrected chi connectivity index (χ0v) is 13.3. The summed E-state index contributed by atoms with van der Waals surface area (Å²) in [6, 6.07) is -1.05. The van der Waals surface area contributed by atoms with Gasteiger partial charge in [0.05, 0.1) is 0 Å². The van der Waals surface area contributed by atoms with Crippen molar-refractivity contribution in [3.63, 3.8) is 0 Å². The summed E-state index contributed by atoms with van der Waals surface area (Å²) in [5, 5.41) is 11.7. The number of hydrogen-bond acceptors (Lipinski definition) is 3. The predicted octanol–water partition coefficient (Wildman–Crippen LogP) is 2.27. The van der Waals surface area contributed by atoms with Crippen molar-refractivity contribution in [3.05, 3.63) is 0 Å². The van der Waals surface area contributed by atoms with Crippen LogP contribution in [0.5, 0.6) is 0 Å². The Morgan fingerprint density at radius 3 is 2.21 bits per heavy atom. The van der Waals surface area contributed by atoms with Gasteiger partial charge in [-0.1, -0.05) is 13.8 Å². The maximum Gasteiger partial charge on any atom is 0.326 e. The van der Waals surface area contributed by atoms with Gasteiger partial charge in [0.2, 0.25) is 0 Å². The fourth-order valence-electron chi connectivity index (χ4n) is 1.65. The van der Waals surface area contributed by atoms with Crippen LogP contribution in [-0.2, 0) is 4.79 Å². The highest BCUT2D eigenvalue weighted by Gasteiger charge is 2.24. The Morgan fingerprint density at radius 2 is 1.84 bits per heavy atom. The van der Waals surface area contributed by atoms with Crippen LogP contribution in [0.4, 0.5) is 4.79 Å². The van der Waals surface area contributed by atoms with E-state index >= 15 is 0 Å². The van der Waals surface area contributed by atoms with Gasteiger partial charge in [-0.15, -0.1) is 0 Å². The molecule has 1 atom stereocenters. The highest BCUT2D eigenvalue weighted by Crippen LogP contribution is 2.07. The molecule has 0 fully saturated rings. The minimum absolute atomic E-state index is 0.0531. The molecule has 5 nitrogen and oxygen atoms in total. The Balaban J connectivity index is 4.61. The van der Waals surface area contributed by atoms with Crippen LogP contribution in [0.2, 0.25) is 0 Å². The molecule has 0 radical (unpaired) electrons. The summed E-state index contributed by atoms with van der Waals surface area (Å²) in [5.74, 6) is 0.0848. The number of hydrogen-bond donors (Lipinski definition) is 2. The summed E-state index contributed by atoms with van der Waals surface area (Å²) in [5.41, 5.74) is 0. The molecule has 0 bridgehead atoms. The van der Waals surface area contributed by atoms with E-state index in [1.165, 1.54) is 0 Å². The average Bonchev–Trinajstić information content (AvgIpc) is 2.30. The third-order valence-corrected chi connectivity index (χ3v) is 3.30. The fourth-order valence-corrected chi connectivity index (χ4v) is 2.12. The first-order chi connectivity index (χ1) is 8.79. The molecular formula is C13H26N2O3S. The van der Waals surface area contributed by atoms with Crippen molar-refractivity contribution >= 4 is 23.8 Å². The molecule has 0 aromatic rings. The molecule has 0 saturated carbocycles. The molecule has 2 amide bonds. The summed E-state index contributed by atoms with van der Waals surface area (Å²) in [7, 11) is 0. The molecule has 0 aromatic carbocycles. The SMILES string of the molecule is CSCC[C@H](NC(=O)N(CC(C)C)C(C)C)C(=O)O. The van der Waals surface area contributed by atoms with Gasteiger partial charge in [-0.05, 0) is 38.2 Å². The second-order valence-corrected chi connectivity index (χ2v) is 6.25. The number of nitrogens with one attached hydrogen (secondary N) is 1. The van der Waals surface area contributed by atoms with Crippen LogP contribution in [0.3, 0.4) is 0 Å². The van der Waals surface area contributed by atoms with Crippen LogP contribution in [-0.4, -0.2) is 52.6 Å². The molecule has 0 saturated heterocycles. The Morgan fingerprint density at radius 1 is 1.26 bits per heavy atom. The van der Waals surface area contributed by atoms with Gasteiger partial charge in [0.1, 0.15) is 6.04 Å². The van der Waals surface area contributed by atoms with E-state index in [4.69, 9.17) is 5.11 Å². The van der Waals surface area contributed by atoms with E-state index in [0.29, 0.717) is 24.6 Å². The smallest absolute Gasteiger partial charge is 0.326 e. The largest absolute Gasteiger partial charge is 0.480 e. The summed E-state index contributed by atoms with van der Waals surface area (Å²) in [6.45, 7) is 8.55. The van der Waals surface area contributed by atoms with Crippen molar-refractivity contribution in [2.45, 2.75) is 46.2 Å². The van der Waals surface area contributed by atoms with Crippen LogP contribution >= 0.6 is 11.8 Å². The second kappa shape index (κ2) is 9.07. The van der Waals surface area contributed by atoms with E-state index in [0.717, 1.165) is 0 Å². The van der Waals surface area contributed by atoms with Crippen LogP contribution in [0, 0.1) is 5.92 Å². The van der Waals surface area contributed by atoms with E-state index < -0.39 is 12.0 Å². The number of thioether (sulfide) groups is 1. The Kier molecular flexibility index (Phi) is 8.63.